The summed E-state index contributed by atoms with van der Waals surface area (Å²) < 4.78 is 0. The molecule has 0 heterocycles. The monoisotopic (exact) mass is 100 g/mol. The molecule has 0 spiro atoms. The Morgan fingerprint density at radius 3 is 2.57 bits per heavy atom. The molecule has 0 rings (SSSR count). The van der Waals surface area contributed by atoms with Gasteiger partial charge in [-0.3, -0.25) is 4.79 Å². The van der Waals surface area contributed by atoms with Crippen LogP contribution in [0.3, 0.4) is 0 Å². The second kappa shape index (κ2) is 3.33. The molecule has 0 aromatic carbocycles. The second-order valence-electron chi connectivity index (χ2n) is 1.07. The van der Waals surface area contributed by atoms with E-state index in [4.69, 9.17) is 0 Å². The van der Waals surface area contributed by atoms with Crippen molar-refractivity contribution in [2.24, 2.45) is 4.99 Å². The van der Waals surface area contributed by atoms with Crippen molar-refractivity contribution in [1.29, 1.82) is 0 Å². The van der Waals surface area contributed by atoms with Crippen LogP contribution in [0.2, 0.25) is 0 Å². The molecule has 0 saturated carbocycles. The molecule has 0 atom stereocenters. The lowest BCUT2D eigenvalue weighted by Gasteiger charge is -1.79. The van der Waals surface area contributed by atoms with Crippen LogP contribution < -0.4 is 5.32 Å². The van der Waals surface area contributed by atoms with E-state index in [1.807, 2.05) is 0 Å². The minimum absolute atomic E-state index is 0.186. The number of amides is 1. The van der Waals surface area contributed by atoms with Gasteiger partial charge in [0.15, 0.2) is 0 Å². The van der Waals surface area contributed by atoms with Gasteiger partial charge < -0.3 is 5.32 Å². The first kappa shape index (κ1) is 6.14. The van der Waals surface area contributed by atoms with Gasteiger partial charge >= 0.3 is 0 Å². The number of rotatable bonds is 1. The van der Waals surface area contributed by atoms with Crippen molar-refractivity contribution < 1.29 is 4.79 Å². The molecule has 40 valence electrons. The normalized spacial score (nSPS) is 9.43. The maximum atomic E-state index is 9.96. The van der Waals surface area contributed by atoms with Crippen LogP contribution in [0.15, 0.2) is 4.99 Å². The van der Waals surface area contributed by atoms with E-state index >= 15 is 0 Å². The van der Waals surface area contributed by atoms with E-state index < -0.39 is 0 Å². The van der Waals surface area contributed by atoms with Gasteiger partial charge in [0.1, 0.15) is 0 Å². The van der Waals surface area contributed by atoms with Gasteiger partial charge in [0, 0.05) is 14.0 Å². The van der Waals surface area contributed by atoms with E-state index in [-0.39, 0.29) is 5.91 Å². The van der Waals surface area contributed by atoms with Crippen molar-refractivity contribution in [3.05, 3.63) is 0 Å². The molecule has 1 amide bonds. The third-order valence-corrected chi connectivity index (χ3v) is 0.375. The quantitative estimate of drug-likeness (QED) is 0.365. The first-order valence-corrected chi connectivity index (χ1v) is 1.97. The van der Waals surface area contributed by atoms with Crippen LogP contribution in [0.25, 0.3) is 0 Å². The lowest BCUT2D eigenvalue weighted by atomic mass is 10.7. The Labute approximate surface area is 42.4 Å². The topological polar surface area (TPSA) is 41.5 Å². The van der Waals surface area contributed by atoms with Crippen molar-refractivity contribution in [3.8, 4) is 0 Å². The highest BCUT2D eigenvalue weighted by Gasteiger charge is 1.75. The zero-order valence-corrected chi connectivity index (χ0v) is 4.43. The average Bonchev–Trinajstić information content (AvgIpc) is 1.61. The molecule has 0 radical (unpaired) electrons. The lowest BCUT2D eigenvalue weighted by Crippen LogP contribution is -2.02. The highest BCUT2D eigenvalue weighted by atomic mass is 16.1. The fraction of sp³-hybridized carbons (Fsp3) is 0.500. The van der Waals surface area contributed by atoms with Crippen LogP contribution in [0.1, 0.15) is 6.92 Å². The Morgan fingerprint density at radius 1 is 1.86 bits per heavy atom. The maximum absolute atomic E-state index is 9.96. The SMILES string of the molecule is CN/C=N/C(C)=O. The molecular formula is C4H8N2O. The van der Waals surface area contributed by atoms with Crippen LogP contribution in [0, 0.1) is 0 Å². The molecule has 0 fully saturated rings. The molecule has 0 unspecified atom stereocenters. The number of carbonyl (C=O) groups excluding carboxylic acids is 1. The minimum atomic E-state index is -0.186. The molecule has 0 saturated heterocycles. The summed E-state index contributed by atoms with van der Waals surface area (Å²) in [6, 6.07) is 0. The van der Waals surface area contributed by atoms with Gasteiger partial charge in [-0.25, -0.2) is 4.99 Å². The van der Waals surface area contributed by atoms with E-state index in [1.54, 1.807) is 7.05 Å². The highest BCUT2D eigenvalue weighted by Crippen LogP contribution is 1.62. The summed E-state index contributed by atoms with van der Waals surface area (Å²) in [4.78, 5) is 13.3. The maximum Gasteiger partial charge on any atom is 0.243 e. The summed E-state index contributed by atoms with van der Waals surface area (Å²) in [6.07, 6.45) is 1.35. The zero-order valence-electron chi connectivity index (χ0n) is 4.43. The van der Waals surface area contributed by atoms with Gasteiger partial charge in [-0.1, -0.05) is 0 Å². The number of aliphatic imine (C=N–C) groups is 1. The summed E-state index contributed by atoms with van der Waals surface area (Å²) in [5.74, 6) is -0.186. The Hall–Kier alpha value is -0.860. The van der Waals surface area contributed by atoms with Crippen LogP contribution >= 0.6 is 0 Å². The van der Waals surface area contributed by atoms with E-state index in [9.17, 15) is 4.79 Å². The minimum Gasteiger partial charge on any atom is -0.379 e. The molecule has 0 aliphatic rings. The molecule has 0 aliphatic heterocycles. The summed E-state index contributed by atoms with van der Waals surface area (Å²) in [5, 5.41) is 2.59. The number of carbonyl (C=O) groups is 1. The molecule has 0 bridgehead atoms. The van der Waals surface area contributed by atoms with Crippen LogP contribution in [-0.2, 0) is 4.79 Å². The van der Waals surface area contributed by atoms with Gasteiger partial charge in [-0.05, 0) is 0 Å². The standard InChI is InChI=1S/C4H8N2O/c1-4(7)6-3-5-2/h3H,1-2H3,(H,5,6,7). The van der Waals surface area contributed by atoms with E-state index in [1.165, 1.54) is 13.3 Å². The predicted molar refractivity (Wildman–Crippen MR) is 28.2 cm³/mol. The van der Waals surface area contributed by atoms with Gasteiger partial charge in [-0.15, -0.1) is 0 Å². The molecular weight excluding hydrogens is 92.1 g/mol. The van der Waals surface area contributed by atoms with Crippen molar-refractivity contribution in [3.63, 3.8) is 0 Å². The van der Waals surface area contributed by atoms with Crippen molar-refractivity contribution in [2.45, 2.75) is 6.92 Å². The first-order valence-electron chi connectivity index (χ1n) is 1.97. The summed E-state index contributed by atoms with van der Waals surface area (Å²) in [5.41, 5.74) is 0. The lowest BCUT2D eigenvalue weighted by molar-refractivity contribution is -0.115. The Kier molecular flexibility index (Phi) is 2.92. The van der Waals surface area contributed by atoms with Crippen LogP contribution in [0.5, 0.6) is 0 Å². The van der Waals surface area contributed by atoms with Gasteiger partial charge in [0.05, 0.1) is 6.34 Å². The molecule has 1 N–H and O–H groups in total. The smallest absolute Gasteiger partial charge is 0.243 e. The molecule has 0 aromatic rings. The molecule has 0 aliphatic carbocycles. The fourth-order valence-electron chi connectivity index (χ4n) is 0.155. The molecule has 7 heavy (non-hydrogen) atoms. The Morgan fingerprint density at radius 2 is 2.43 bits per heavy atom. The number of nitrogens with zero attached hydrogens (tertiary/aromatic N) is 1. The van der Waals surface area contributed by atoms with Gasteiger partial charge in [0.2, 0.25) is 5.91 Å². The zero-order chi connectivity index (χ0) is 5.70. The third-order valence-electron chi connectivity index (χ3n) is 0.375. The fourth-order valence-corrected chi connectivity index (χ4v) is 0.155. The number of hydrogen-bond acceptors (Lipinski definition) is 1. The van der Waals surface area contributed by atoms with Crippen molar-refractivity contribution in [1.82, 2.24) is 5.32 Å². The Bertz CT molecular complexity index is 87.7. The molecule has 3 heteroatoms. The number of hydrogen-bond donors (Lipinski definition) is 1. The van der Waals surface area contributed by atoms with Crippen molar-refractivity contribution in [2.75, 3.05) is 7.05 Å². The van der Waals surface area contributed by atoms with E-state index in [0.717, 1.165) is 0 Å². The average molecular weight is 100 g/mol. The summed E-state index contributed by atoms with van der Waals surface area (Å²) in [6.45, 7) is 1.40. The Balaban J connectivity index is 3.26. The van der Waals surface area contributed by atoms with E-state index in [0.29, 0.717) is 0 Å². The predicted octanol–water partition coefficient (Wildman–Crippen LogP) is -0.219. The molecule has 0 aromatic heterocycles. The van der Waals surface area contributed by atoms with E-state index in [2.05, 4.69) is 10.3 Å². The second-order valence-corrected chi connectivity index (χ2v) is 1.07. The van der Waals surface area contributed by atoms with Crippen LogP contribution in [0.4, 0.5) is 0 Å². The highest BCUT2D eigenvalue weighted by molar-refractivity contribution is 5.81. The molecule has 3 nitrogen and oxygen atoms in total. The van der Waals surface area contributed by atoms with Gasteiger partial charge in [0.25, 0.3) is 0 Å². The summed E-state index contributed by atoms with van der Waals surface area (Å²) >= 11 is 0. The van der Waals surface area contributed by atoms with Crippen LogP contribution in [-0.4, -0.2) is 19.3 Å². The first-order chi connectivity index (χ1) is 3.27. The van der Waals surface area contributed by atoms with Gasteiger partial charge in [-0.2, -0.15) is 0 Å². The summed E-state index contributed by atoms with van der Waals surface area (Å²) in [7, 11) is 1.69. The van der Waals surface area contributed by atoms with Crippen molar-refractivity contribution >= 4 is 12.2 Å². The number of nitrogens with one attached hydrogen (secondary N) is 1. The largest absolute Gasteiger partial charge is 0.379 e. The third kappa shape index (κ3) is 5.14.